The molecule has 0 aliphatic carbocycles. The van der Waals surface area contributed by atoms with Crippen molar-refractivity contribution in [2.24, 2.45) is 0 Å². The van der Waals surface area contributed by atoms with Gasteiger partial charge in [0.1, 0.15) is 18.1 Å². The summed E-state index contributed by atoms with van der Waals surface area (Å²) in [5.41, 5.74) is 2.69. The molecule has 138 valence electrons. The molecule has 1 aromatic heterocycles. The summed E-state index contributed by atoms with van der Waals surface area (Å²) in [6.45, 7) is 5.55. The number of ether oxygens (including phenoxy) is 2. The zero-order valence-corrected chi connectivity index (χ0v) is 15.0. The molecule has 2 N–H and O–H groups in total. The van der Waals surface area contributed by atoms with Crippen LogP contribution in [0.25, 0.3) is 0 Å². The first kappa shape index (κ1) is 19.2. The lowest BCUT2D eigenvalue weighted by atomic mass is 10.1. The van der Waals surface area contributed by atoms with E-state index >= 15 is 0 Å². The van der Waals surface area contributed by atoms with Crippen LogP contribution in [0.3, 0.4) is 0 Å². The van der Waals surface area contributed by atoms with Crippen molar-refractivity contribution in [3.8, 4) is 5.75 Å². The summed E-state index contributed by atoms with van der Waals surface area (Å²) >= 11 is 0. The third-order valence-corrected chi connectivity index (χ3v) is 3.66. The van der Waals surface area contributed by atoms with E-state index in [-0.39, 0.29) is 11.5 Å². The molecule has 7 nitrogen and oxygen atoms in total. The second-order valence-corrected chi connectivity index (χ2v) is 5.90. The SMILES string of the molecule is CC(=O)c1c[nH]c(C(=O)OCC(=O)NCCOc2ccc(C)cc2C)c1. The van der Waals surface area contributed by atoms with Gasteiger partial charge in [-0.15, -0.1) is 0 Å². The van der Waals surface area contributed by atoms with Gasteiger partial charge in [0.25, 0.3) is 5.91 Å². The number of aromatic nitrogens is 1. The first-order chi connectivity index (χ1) is 12.4. The van der Waals surface area contributed by atoms with Crippen LogP contribution in [0.2, 0.25) is 0 Å². The number of carbonyl (C=O) groups excluding carboxylic acids is 3. The standard InChI is InChI=1S/C19H22N2O5/c1-12-4-5-17(13(2)8-12)25-7-6-20-18(23)11-26-19(24)16-9-15(10-21-16)14(3)22/h4-5,8-10,21H,6-7,11H2,1-3H3,(H,20,23). The van der Waals surface area contributed by atoms with Gasteiger partial charge < -0.3 is 19.8 Å². The van der Waals surface area contributed by atoms with Gasteiger partial charge in [-0.1, -0.05) is 17.7 Å². The second kappa shape index (κ2) is 8.84. The van der Waals surface area contributed by atoms with E-state index in [1.165, 1.54) is 19.2 Å². The van der Waals surface area contributed by atoms with Crippen LogP contribution in [0.5, 0.6) is 5.75 Å². The van der Waals surface area contributed by atoms with Crippen LogP contribution in [0.15, 0.2) is 30.5 Å². The Labute approximate surface area is 151 Å². The maximum Gasteiger partial charge on any atom is 0.355 e. The van der Waals surface area contributed by atoms with Crippen molar-refractivity contribution in [3.05, 3.63) is 52.8 Å². The van der Waals surface area contributed by atoms with Gasteiger partial charge >= 0.3 is 5.97 Å². The highest BCUT2D eigenvalue weighted by atomic mass is 16.5. The van der Waals surface area contributed by atoms with Crippen molar-refractivity contribution in [3.63, 3.8) is 0 Å². The lowest BCUT2D eigenvalue weighted by Crippen LogP contribution is -2.32. The Morgan fingerprint density at radius 3 is 2.58 bits per heavy atom. The Morgan fingerprint density at radius 1 is 1.15 bits per heavy atom. The molecule has 0 spiro atoms. The normalized spacial score (nSPS) is 10.3. The predicted molar refractivity (Wildman–Crippen MR) is 95.5 cm³/mol. The van der Waals surface area contributed by atoms with E-state index in [1.807, 2.05) is 32.0 Å². The molecule has 1 amide bonds. The van der Waals surface area contributed by atoms with Gasteiger partial charge in [0.05, 0.1) is 6.54 Å². The number of ketones is 1. The fourth-order valence-electron chi connectivity index (χ4n) is 2.29. The van der Waals surface area contributed by atoms with Gasteiger partial charge in [-0.3, -0.25) is 9.59 Å². The summed E-state index contributed by atoms with van der Waals surface area (Å²) in [7, 11) is 0. The number of hydrogen-bond donors (Lipinski definition) is 2. The van der Waals surface area contributed by atoms with Crippen LogP contribution in [-0.4, -0.2) is 42.4 Å². The number of amides is 1. The summed E-state index contributed by atoms with van der Waals surface area (Å²) in [6, 6.07) is 7.25. The molecule has 2 rings (SSSR count). The number of aryl methyl sites for hydroxylation is 2. The minimum atomic E-state index is -0.695. The highest BCUT2D eigenvalue weighted by Crippen LogP contribution is 2.18. The van der Waals surface area contributed by atoms with Gasteiger partial charge in [-0.2, -0.15) is 0 Å². The number of benzene rings is 1. The molecule has 0 aliphatic rings. The Kier molecular flexibility index (Phi) is 6.54. The Morgan fingerprint density at radius 2 is 1.92 bits per heavy atom. The van der Waals surface area contributed by atoms with E-state index in [4.69, 9.17) is 9.47 Å². The maximum absolute atomic E-state index is 11.8. The molecule has 0 saturated heterocycles. The van der Waals surface area contributed by atoms with E-state index in [0.717, 1.165) is 16.9 Å². The third kappa shape index (κ3) is 5.47. The number of Topliss-reactive ketones (excluding diaryl/α,β-unsaturated/α-hetero) is 1. The van der Waals surface area contributed by atoms with Gasteiger partial charge in [-0.25, -0.2) is 4.79 Å². The van der Waals surface area contributed by atoms with Crippen LogP contribution in [-0.2, 0) is 9.53 Å². The van der Waals surface area contributed by atoms with Crippen LogP contribution < -0.4 is 10.1 Å². The summed E-state index contributed by atoms with van der Waals surface area (Å²) < 4.78 is 10.5. The summed E-state index contributed by atoms with van der Waals surface area (Å²) in [6.07, 6.45) is 1.42. The van der Waals surface area contributed by atoms with Crippen LogP contribution in [0, 0.1) is 13.8 Å². The molecule has 1 aromatic carbocycles. The van der Waals surface area contributed by atoms with Gasteiger partial charge in [0, 0.05) is 11.8 Å². The zero-order chi connectivity index (χ0) is 19.1. The topological polar surface area (TPSA) is 97.5 Å². The van der Waals surface area contributed by atoms with Crippen molar-refractivity contribution in [1.82, 2.24) is 10.3 Å². The molecule has 0 atom stereocenters. The Bertz CT molecular complexity index is 810. The third-order valence-electron chi connectivity index (χ3n) is 3.66. The van der Waals surface area contributed by atoms with E-state index in [0.29, 0.717) is 18.7 Å². The van der Waals surface area contributed by atoms with E-state index in [9.17, 15) is 14.4 Å². The molecule has 0 aliphatic heterocycles. The Balaban J connectivity index is 1.68. The molecule has 0 unspecified atom stereocenters. The molecule has 0 radical (unpaired) electrons. The molecular formula is C19H22N2O5. The second-order valence-electron chi connectivity index (χ2n) is 5.90. The summed E-state index contributed by atoms with van der Waals surface area (Å²) in [5, 5.41) is 2.61. The summed E-state index contributed by atoms with van der Waals surface area (Å²) in [5.74, 6) is -0.522. The summed E-state index contributed by atoms with van der Waals surface area (Å²) in [4.78, 5) is 37.3. The van der Waals surface area contributed by atoms with Crippen LogP contribution >= 0.6 is 0 Å². The molecular weight excluding hydrogens is 336 g/mol. The zero-order valence-electron chi connectivity index (χ0n) is 15.0. The van der Waals surface area contributed by atoms with Crippen molar-refractivity contribution in [2.75, 3.05) is 19.8 Å². The number of esters is 1. The fraction of sp³-hybridized carbons (Fsp3) is 0.316. The number of hydrogen-bond acceptors (Lipinski definition) is 5. The first-order valence-corrected chi connectivity index (χ1v) is 8.20. The van der Waals surface area contributed by atoms with Gasteiger partial charge in [0.2, 0.25) is 0 Å². The number of aromatic amines is 1. The smallest absolute Gasteiger partial charge is 0.355 e. The van der Waals surface area contributed by atoms with E-state index in [1.54, 1.807) is 0 Å². The fourth-order valence-corrected chi connectivity index (χ4v) is 2.29. The van der Waals surface area contributed by atoms with Crippen molar-refractivity contribution in [1.29, 1.82) is 0 Å². The molecule has 7 heteroatoms. The number of nitrogens with one attached hydrogen (secondary N) is 2. The predicted octanol–water partition coefficient (Wildman–Crippen LogP) is 2.19. The van der Waals surface area contributed by atoms with Gasteiger partial charge in [0.15, 0.2) is 12.4 Å². The van der Waals surface area contributed by atoms with Crippen LogP contribution in [0.1, 0.15) is 38.9 Å². The van der Waals surface area contributed by atoms with E-state index < -0.39 is 18.5 Å². The lowest BCUT2D eigenvalue weighted by molar-refractivity contribution is -0.124. The monoisotopic (exact) mass is 358 g/mol. The largest absolute Gasteiger partial charge is 0.491 e. The maximum atomic E-state index is 11.8. The number of H-pyrrole nitrogens is 1. The molecule has 1 heterocycles. The lowest BCUT2D eigenvalue weighted by Gasteiger charge is -2.10. The highest BCUT2D eigenvalue weighted by molar-refractivity contribution is 5.97. The van der Waals surface area contributed by atoms with Gasteiger partial charge in [-0.05, 0) is 38.5 Å². The van der Waals surface area contributed by atoms with Crippen molar-refractivity contribution >= 4 is 17.7 Å². The average molecular weight is 358 g/mol. The number of rotatable bonds is 8. The average Bonchev–Trinajstić information content (AvgIpc) is 3.08. The molecule has 0 saturated carbocycles. The molecule has 0 fully saturated rings. The first-order valence-electron chi connectivity index (χ1n) is 8.20. The highest BCUT2D eigenvalue weighted by Gasteiger charge is 2.13. The van der Waals surface area contributed by atoms with E-state index in [2.05, 4.69) is 10.3 Å². The van der Waals surface area contributed by atoms with Crippen molar-refractivity contribution < 1.29 is 23.9 Å². The quantitative estimate of drug-likeness (QED) is 0.428. The minimum Gasteiger partial charge on any atom is -0.491 e. The minimum absolute atomic E-state index is 0.126. The Hall–Kier alpha value is -3.09. The molecule has 2 aromatic rings. The van der Waals surface area contributed by atoms with Crippen LogP contribution in [0.4, 0.5) is 0 Å². The number of carbonyl (C=O) groups is 3. The molecule has 0 bridgehead atoms. The van der Waals surface area contributed by atoms with Crippen molar-refractivity contribution in [2.45, 2.75) is 20.8 Å². The molecule has 26 heavy (non-hydrogen) atoms.